The minimum absolute atomic E-state index is 0.0550. The predicted octanol–water partition coefficient (Wildman–Crippen LogP) is 5.03. The highest BCUT2D eigenvalue weighted by molar-refractivity contribution is 5.81. The lowest BCUT2D eigenvalue weighted by atomic mass is 9.94. The van der Waals surface area contributed by atoms with Gasteiger partial charge in [-0.3, -0.25) is 0 Å². The van der Waals surface area contributed by atoms with Gasteiger partial charge in [-0.05, 0) is 48.4 Å². The lowest BCUT2D eigenvalue weighted by molar-refractivity contribution is -0.139. The van der Waals surface area contributed by atoms with Crippen molar-refractivity contribution in [1.29, 1.82) is 0 Å². The molecule has 4 rings (SSSR count). The quantitative estimate of drug-likeness (QED) is 0.709. The molecule has 0 saturated carbocycles. The van der Waals surface area contributed by atoms with Crippen LogP contribution in [0.25, 0.3) is 11.1 Å². The third-order valence-electron chi connectivity index (χ3n) is 5.84. The molecule has 2 aromatic rings. The zero-order valence-electron chi connectivity index (χ0n) is 16.9. The first-order chi connectivity index (χ1) is 14.5. The molecule has 0 radical (unpaired) electrons. The van der Waals surface area contributed by atoms with Gasteiger partial charge in [-0.2, -0.15) is 0 Å². The zero-order valence-corrected chi connectivity index (χ0v) is 16.9. The minimum Gasteiger partial charge on any atom is -0.480 e. The van der Waals surface area contributed by atoms with Gasteiger partial charge in [-0.1, -0.05) is 71.8 Å². The van der Waals surface area contributed by atoms with Gasteiger partial charge < -0.3 is 15.2 Å². The van der Waals surface area contributed by atoms with Crippen molar-refractivity contribution < 1.29 is 19.4 Å². The van der Waals surface area contributed by atoms with Crippen molar-refractivity contribution in [3.8, 4) is 11.1 Å². The van der Waals surface area contributed by atoms with Crippen molar-refractivity contribution in [1.82, 2.24) is 5.32 Å². The summed E-state index contributed by atoms with van der Waals surface area (Å²) in [5, 5.41) is 12.1. The van der Waals surface area contributed by atoms with E-state index in [1.54, 1.807) is 0 Å². The number of carbonyl (C=O) groups excluding carboxylic acids is 1. The van der Waals surface area contributed by atoms with Crippen molar-refractivity contribution in [2.45, 2.75) is 38.1 Å². The standard InChI is InChI=1S/C25H25NO4/c1-16-10-12-17(13-11-16)14-23(24(27)28)26-25(29)30-15-22-20-8-4-2-6-18(20)19-7-3-5-9-21(19)22/h2-10,12,22-23H,11,13-15H2,1H3,(H,26,29)(H,27,28)/t23-/m1/s1. The van der Waals surface area contributed by atoms with E-state index in [-0.39, 0.29) is 18.9 Å². The Labute approximate surface area is 176 Å². The average molecular weight is 403 g/mol. The Morgan fingerprint density at radius 3 is 2.23 bits per heavy atom. The van der Waals surface area contributed by atoms with Crippen LogP contribution in [0.1, 0.15) is 43.2 Å². The van der Waals surface area contributed by atoms with E-state index in [1.807, 2.05) is 48.6 Å². The third kappa shape index (κ3) is 4.15. The average Bonchev–Trinajstić information content (AvgIpc) is 3.07. The normalized spacial score (nSPS) is 16.0. The number of nitrogens with one attached hydrogen (secondary N) is 1. The van der Waals surface area contributed by atoms with Gasteiger partial charge in [0.2, 0.25) is 0 Å². The number of carboxylic acids is 1. The molecule has 154 valence electrons. The molecule has 5 nitrogen and oxygen atoms in total. The van der Waals surface area contributed by atoms with Gasteiger partial charge >= 0.3 is 12.1 Å². The molecular formula is C25H25NO4. The number of aliphatic carboxylic acids is 1. The van der Waals surface area contributed by atoms with Crippen molar-refractivity contribution in [2.75, 3.05) is 6.61 Å². The van der Waals surface area contributed by atoms with Gasteiger partial charge in [-0.25, -0.2) is 9.59 Å². The number of benzene rings is 2. The van der Waals surface area contributed by atoms with Crippen molar-refractivity contribution in [2.24, 2.45) is 0 Å². The van der Waals surface area contributed by atoms with Crippen LogP contribution in [-0.2, 0) is 9.53 Å². The summed E-state index contributed by atoms with van der Waals surface area (Å²) in [6.45, 7) is 2.22. The largest absolute Gasteiger partial charge is 0.480 e. The highest BCUT2D eigenvalue weighted by atomic mass is 16.5. The number of amides is 1. The third-order valence-corrected chi connectivity index (χ3v) is 5.84. The number of carbonyl (C=O) groups is 2. The number of hydrogen-bond donors (Lipinski definition) is 2. The molecule has 0 aromatic heterocycles. The van der Waals surface area contributed by atoms with Gasteiger partial charge in [0.1, 0.15) is 12.6 Å². The molecule has 0 bridgehead atoms. The number of rotatable bonds is 6. The fraction of sp³-hybridized carbons (Fsp3) is 0.280. The lowest BCUT2D eigenvalue weighted by Crippen LogP contribution is -2.41. The molecule has 1 atom stereocenters. The van der Waals surface area contributed by atoms with Gasteiger partial charge in [0, 0.05) is 5.92 Å². The molecule has 0 heterocycles. The van der Waals surface area contributed by atoms with E-state index in [0.29, 0.717) is 0 Å². The maximum Gasteiger partial charge on any atom is 0.407 e. The monoisotopic (exact) mass is 403 g/mol. The molecule has 0 aliphatic heterocycles. The zero-order chi connectivity index (χ0) is 21.1. The number of allylic oxidation sites excluding steroid dienone is 3. The van der Waals surface area contributed by atoms with E-state index in [2.05, 4.69) is 24.4 Å². The van der Waals surface area contributed by atoms with E-state index < -0.39 is 18.1 Å². The molecule has 30 heavy (non-hydrogen) atoms. The van der Waals surface area contributed by atoms with Crippen LogP contribution in [0, 0.1) is 0 Å². The van der Waals surface area contributed by atoms with Gasteiger partial charge in [0.25, 0.3) is 0 Å². The number of carboxylic acid groups (broad SMARTS) is 1. The lowest BCUT2D eigenvalue weighted by Gasteiger charge is -2.19. The SMILES string of the molecule is CC1=CC=C(C[C@@H](NC(=O)OCC2c3ccccc3-c3ccccc32)C(=O)O)CC1. The van der Waals surface area contributed by atoms with Gasteiger partial charge in [0.15, 0.2) is 0 Å². The summed E-state index contributed by atoms with van der Waals surface area (Å²) in [7, 11) is 0. The fourth-order valence-corrected chi connectivity index (χ4v) is 4.20. The van der Waals surface area contributed by atoms with Crippen LogP contribution in [0.5, 0.6) is 0 Å². The smallest absolute Gasteiger partial charge is 0.407 e. The summed E-state index contributed by atoms with van der Waals surface area (Å²) < 4.78 is 5.48. The first kappa shape index (κ1) is 20.0. The maximum absolute atomic E-state index is 12.4. The molecule has 1 amide bonds. The van der Waals surface area contributed by atoms with Crippen molar-refractivity contribution in [3.05, 3.63) is 83.0 Å². The molecule has 2 N–H and O–H groups in total. The first-order valence-electron chi connectivity index (χ1n) is 10.2. The summed E-state index contributed by atoms with van der Waals surface area (Å²) in [4.78, 5) is 24.1. The Balaban J connectivity index is 1.41. The second-order valence-electron chi connectivity index (χ2n) is 7.90. The Kier molecular flexibility index (Phi) is 5.70. The van der Waals surface area contributed by atoms with E-state index in [9.17, 15) is 14.7 Å². The molecule has 0 unspecified atom stereocenters. The molecule has 0 saturated heterocycles. The summed E-state index contributed by atoms with van der Waals surface area (Å²) in [6, 6.07) is 15.2. The van der Waals surface area contributed by atoms with Gasteiger partial charge in [-0.15, -0.1) is 0 Å². The molecule has 2 aromatic carbocycles. The van der Waals surface area contributed by atoms with Crippen molar-refractivity contribution >= 4 is 12.1 Å². The van der Waals surface area contributed by atoms with E-state index >= 15 is 0 Å². The number of ether oxygens (including phenoxy) is 1. The van der Waals surface area contributed by atoms with E-state index in [0.717, 1.165) is 40.7 Å². The summed E-state index contributed by atoms with van der Waals surface area (Å²) in [5.41, 5.74) is 6.84. The minimum atomic E-state index is -1.06. The van der Waals surface area contributed by atoms with Crippen LogP contribution in [-0.4, -0.2) is 29.8 Å². The highest BCUT2D eigenvalue weighted by Gasteiger charge is 2.30. The fourth-order valence-electron chi connectivity index (χ4n) is 4.20. The van der Waals surface area contributed by atoms with Crippen LogP contribution in [0.2, 0.25) is 0 Å². The second kappa shape index (κ2) is 8.57. The molecule has 0 fully saturated rings. The van der Waals surface area contributed by atoms with Crippen LogP contribution in [0.15, 0.2) is 71.8 Å². The summed E-state index contributed by atoms with van der Waals surface area (Å²) in [6.07, 6.45) is 5.27. The van der Waals surface area contributed by atoms with Crippen LogP contribution < -0.4 is 5.32 Å². The summed E-state index contributed by atoms with van der Waals surface area (Å²) in [5.74, 6) is -1.11. The maximum atomic E-state index is 12.4. The number of hydrogen-bond acceptors (Lipinski definition) is 3. The molecule has 5 heteroatoms. The molecular weight excluding hydrogens is 378 g/mol. The Morgan fingerprint density at radius 1 is 1.03 bits per heavy atom. The Hall–Kier alpha value is -3.34. The second-order valence-corrected chi connectivity index (χ2v) is 7.90. The molecule has 2 aliphatic carbocycles. The topological polar surface area (TPSA) is 75.6 Å². The van der Waals surface area contributed by atoms with Crippen molar-refractivity contribution in [3.63, 3.8) is 0 Å². The van der Waals surface area contributed by atoms with Crippen LogP contribution >= 0.6 is 0 Å². The van der Waals surface area contributed by atoms with E-state index in [1.165, 1.54) is 5.57 Å². The first-order valence-corrected chi connectivity index (χ1v) is 10.2. The van der Waals surface area contributed by atoms with Crippen LogP contribution in [0.4, 0.5) is 4.79 Å². The van der Waals surface area contributed by atoms with Gasteiger partial charge in [0.05, 0.1) is 0 Å². The predicted molar refractivity (Wildman–Crippen MR) is 115 cm³/mol. The highest BCUT2D eigenvalue weighted by Crippen LogP contribution is 2.44. The van der Waals surface area contributed by atoms with E-state index in [4.69, 9.17) is 4.74 Å². The molecule has 2 aliphatic rings. The Morgan fingerprint density at radius 2 is 1.67 bits per heavy atom. The summed E-state index contributed by atoms with van der Waals surface area (Å²) >= 11 is 0. The van der Waals surface area contributed by atoms with Crippen LogP contribution in [0.3, 0.4) is 0 Å². The molecule has 0 spiro atoms. The number of fused-ring (bicyclic) bond motifs is 3. The number of alkyl carbamates (subject to hydrolysis) is 1. The Bertz CT molecular complexity index is 991.